The molecule has 1 aromatic heterocycles. The summed E-state index contributed by atoms with van der Waals surface area (Å²) in [5, 5.41) is 2.19. The van der Waals surface area contributed by atoms with Crippen molar-refractivity contribution in [2.24, 2.45) is 0 Å². The Labute approximate surface area is 90.1 Å². The van der Waals surface area contributed by atoms with Gasteiger partial charge in [0.05, 0.1) is 5.69 Å². The molecular formula is C10H17N5. The van der Waals surface area contributed by atoms with Gasteiger partial charge in [-0.2, -0.15) is 0 Å². The van der Waals surface area contributed by atoms with E-state index in [4.69, 9.17) is 0 Å². The quantitative estimate of drug-likeness (QED) is 0.758. The Kier molecular flexibility index (Phi) is 3.13. The second-order valence-corrected chi connectivity index (χ2v) is 3.89. The summed E-state index contributed by atoms with van der Waals surface area (Å²) in [6.45, 7) is 6.18. The molecule has 0 amide bonds. The van der Waals surface area contributed by atoms with Crippen LogP contribution in [0.3, 0.4) is 0 Å². The first kappa shape index (κ1) is 10.3. The first-order chi connectivity index (χ1) is 7.25. The summed E-state index contributed by atoms with van der Waals surface area (Å²) in [4.78, 5) is 10.8. The summed E-state index contributed by atoms with van der Waals surface area (Å²) in [6.07, 6.45) is 3.43. The Morgan fingerprint density at radius 1 is 1.13 bits per heavy atom. The van der Waals surface area contributed by atoms with Crippen LogP contribution in [0.4, 0.5) is 5.82 Å². The lowest BCUT2D eigenvalue weighted by Crippen LogP contribution is -2.47. The van der Waals surface area contributed by atoms with Crippen LogP contribution in [0, 0.1) is 6.92 Å². The molecule has 0 aliphatic carbocycles. The summed E-state index contributed by atoms with van der Waals surface area (Å²) in [7, 11) is 2.14. The van der Waals surface area contributed by atoms with E-state index in [1.165, 1.54) is 0 Å². The van der Waals surface area contributed by atoms with Crippen molar-refractivity contribution in [3.63, 3.8) is 0 Å². The van der Waals surface area contributed by atoms with Gasteiger partial charge in [-0.25, -0.2) is 9.99 Å². The maximum atomic E-state index is 4.26. The molecule has 5 heteroatoms. The van der Waals surface area contributed by atoms with Crippen LogP contribution in [-0.2, 0) is 0 Å². The van der Waals surface area contributed by atoms with Gasteiger partial charge in [0.25, 0.3) is 0 Å². The van der Waals surface area contributed by atoms with E-state index in [9.17, 15) is 0 Å². The number of piperazine rings is 1. The monoisotopic (exact) mass is 207 g/mol. The molecular weight excluding hydrogens is 190 g/mol. The van der Waals surface area contributed by atoms with Crippen molar-refractivity contribution in [2.75, 3.05) is 38.7 Å². The summed E-state index contributed by atoms with van der Waals surface area (Å²) in [5.74, 6) is 0.863. The second-order valence-electron chi connectivity index (χ2n) is 3.89. The van der Waals surface area contributed by atoms with E-state index in [1.54, 1.807) is 12.4 Å². The Morgan fingerprint density at radius 2 is 1.80 bits per heavy atom. The summed E-state index contributed by atoms with van der Waals surface area (Å²) < 4.78 is 0. The molecule has 2 heterocycles. The molecule has 0 radical (unpaired) electrons. The molecule has 1 saturated heterocycles. The van der Waals surface area contributed by atoms with Gasteiger partial charge in [-0.05, 0) is 14.0 Å². The topological polar surface area (TPSA) is 44.3 Å². The third kappa shape index (κ3) is 2.64. The van der Waals surface area contributed by atoms with Crippen molar-refractivity contribution in [2.45, 2.75) is 6.92 Å². The lowest BCUT2D eigenvalue weighted by atomic mass is 10.4. The van der Waals surface area contributed by atoms with Crippen molar-refractivity contribution < 1.29 is 0 Å². The fraction of sp³-hybridized carbons (Fsp3) is 0.600. The molecule has 1 aromatic rings. The Balaban J connectivity index is 1.95. The highest BCUT2D eigenvalue weighted by molar-refractivity contribution is 5.37. The van der Waals surface area contributed by atoms with Crippen molar-refractivity contribution in [1.29, 1.82) is 0 Å². The molecule has 15 heavy (non-hydrogen) atoms. The van der Waals surface area contributed by atoms with Gasteiger partial charge >= 0.3 is 0 Å². The smallest absolute Gasteiger partial charge is 0.161 e. The largest absolute Gasteiger partial charge is 0.304 e. The van der Waals surface area contributed by atoms with Gasteiger partial charge in [0, 0.05) is 38.6 Å². The van der Waals surface area contributed by atoms with Gasteiger partial charge in [0.2, 0.25) is 0 Å². The lowest BCUT2D eigenvalue weighted by molar-refractivity contribution is 0.178. The van der Waals surface area contributed by atoms with Gasteiger partial charge < -0.3 is 10.3 Å². The normalized spacial score (nSPS) is 19.1. The van der Waals surface area contributed by atoms with E-state index >= 15 is 0 Å². The number of hydrogen-bond donors (Lipinski definition) is 1. The number of hydrazine groups is 1. The Hall–Kier alpha value is -1.20. The van der Waals surface area contributed by atoms with Crippen LogP contribution in [0.25, 0.3) is 0 Å². The fourth-order valence-electron chi connectivity index (χ4n) is 1.59. The standard InChI is InChI=1S/C10H17N5/c1-9-10(12-4-3-11-9)13-15-7-5-14(2)6-8-15/h3-4H,5-8H2,1-2H3,(H,12,13). The fourth-order valence-corrected chi connectivity index (χ4v) is 1.59. The third-order valence-corrected chi connectivity index (χ3v) is 2.65. The number of aromatic nitrogens is 2. The minimum atomic E-state index is 0.863. The predicted octanol–water partition coefficient (Wildman–Crippen LogP) is 0.359. The number of aryl methyl sites for hydroxylation is 1. The zero-order valence-electron chi connectivity index (χ0n) is 9.27. The minimum Gasteiger partial charge on any atom is -0.304 e. The molecule has 1 aliphatic rings. The Bertz CT molecular complexity index is 319. The number of nitrogens with one attached hydrogen (secondary N) is 1. The zero-order chi connectivity index (χ0) is 10.7. The summed E-state index contributed by atoms with van der Waals surface area (Å²) in [6, 6.07) is 0. The maximum absolute atomic E-state index is 4.26. The molecule has 0 unspecified atom stereocenters. The second kappa shape index (κ2) is 4.55. The van der Waals surface area contributed by atoms with E-state index < -0.39 is 0 Å². The third-order valence-electron chi connectivity index (χ3n) is 2.65. The first-order valence-corrected chi connectivity index (χ1v) is 5.23. The van der Waals surface area contributed by atoms with E-state index in [-0.39, 0.29) is 0 Å². The number of likely N-dealkylation sites (N-methyl/N-ethyl adjacent to an activating group) is 1. The molecule has 2 rings (SSSR count). The van der Waals surface area contributed by atoms with Crippen molar-refractivity contribution in [1.82, 2.24) is 19.9 Å². The number of rotatable bonds is 2. The van der Waals surface area contributed by atoms with Crippen molar-refractivity contribution in [3.05, 3.63) is 18.1 Å². The maximum Gasteiger partial charge on any atom is 0.161 e. The molecule has 82 valence electrons. The molecule has 1 aliphatic heterocycles. The van der Waals surface area contributed by atoms with E-state index in [0.29, 0.717) is 0 Å². The van der Waals surface area contributed by atoms with Gasteiger partial charge in [-0.1, -0.05) is 0 Å². The van der Waals surface area contributed by atoms with Crippen LogP contribution in [-0.4, -0.2) is 53.1 Å². The van der Waals surface area contributed by atoms with Crippen LogP contribution in [0.1, 0.15) is 5.69 Å². The van der Waals surface area contributed by atoms with E-state index in [1.807, 2.05) is 6.92 Å². The average Bonchev–Trinajstić information content (AvgIpc) is 2.25. The van der Waals surface area contributed by atoms with Crippen molar-refractivity contribution in [3.8, 4) is 0 Å². The molecule has 0 spiro atoms. The average molecular weight is 207 g/mol. The van der Waals surface area contributed by atoms with E-state index in [2.05, 4.69) is 32.4 Å². The van der Waals surface area contributed by atoms with E-state index in [0.717, 1.165) is 37.7 Å². The zero-order valence-corrected chi connectivity index (χ0v) is 9.27. The molecule has 0 bridgehead atoms. The molecule has 0 atom stereocenters. The first-order valence-electron chi connectivity index (χ1n) is 5.23. The van der Waals surface area contributed by atoms with Crippen LogP contribution in [0.2, 0.25) is 0 Å². The SMILES string of the molecule is Cc1nccnc1NN1CCN(C)CC1. The Morgan fingerprint density at radius 3 is 2.47 bits per heavy atom. The predicted molar refractivity (Wildman–Crippen MR) is 59.5 cm³/mol. The molecule has 1 fully saturated rings. The van der Waals surface area contributed by atoms with Gasteiger partial charge in [-0.15, -0.1) is 0 Å². The molecule has 5 nitrogen and oxygen atoms in total. The highest BCUT2D eigenvalue weighted by atomic mass is 15.5. The minimum absolute atomic E-state index is 0.863. The van der Waals surface area contributed by atoms with Gasteiger partial charge in [0.1, 0.15) is 0 Å². The number of anilines is 1. The van der Waals surface area contributed by atoms with Gasteiger partial charge in [-0.3, -0.25) is 4.98 Å². The molecule has 0 aromatic carbocycles. The van der Waals surface area contributed by atoms with Crippen LogP contribution >= 0.6 is 0 Å². The highest BCUT2D eigenvalue weighted by Gasteiger charge is 2.14. The van der Waals surface area contributed by atoms with Gasteiger partial charge in [0.15, 0.2) is 5.82 Å². The highest BCUT2D eigenvalue weighted by Crippen LogP contribution is 2.08. The number of hydrogen-bond acceptors (Lipinski definition) is 5. The molecule has 0 saturated carbocycles. The van der Waals surface area contributed by atoms with Crippen LogP contribution in [0.15, 0.2) is 12.4 Å². The van der Waals surface area contributed by atoms with Crippen molar-refractivity contribution >= 4 is 5.82 Å². The summed E-state index contributed by atoms with van der Waals surface area (Å²) in [5.41, 5.74) is 4.24. The summed E-state index contributed by atoms with van der Waals surface area (Å²) >= 11 is 0. The molecule has 1 N–H and O–H groups in total. The number of nitrogens with zero attached hydrogens (tertiary/aromatic N) is 4. The lowest BCUT2D eigenvalue weighted by Gasteiger charge is -2.32. The van der Waals surface area contributed by atoms with Crippen LogP contribution < -0.4 is 5.43 Å². The van der Waals surface area contributed by atoms with Crippen LogP contribution in [0.5, 0.6) is 0 Å².